The highest BCUT2D eigenvalue weighted by atomic mass is 79.9. The third kappa shape index (κ3) is 2.85. The van der Waals surface area contributed by atoms with Crippen molar-refractivity contribution in [3.05, 3.63) is 26.9 Å². The summed E-state index contributed by atoms with van der Waals surface area (Å²) in [7, 11) is 0. The van der Waals surface area contributed by atoms with Gasteiger partial charge in [-0.1, -0.05) is 11.6 Å². The van der Waals surface area contributed by atoms with Crippen molar-refractivity contribution >= 4 is 33.5 Å². The van der Waals surface area contributed by atoms with Crippen LogP contribution < -0.4 is 0 Å². The van der Waals surface area contributed by atoms with Crippen LogP contribution in [-0.4, -0.2) is 16.1 Å². The molecule has 1 N–H and O–H groups in total. The first kappa shape index (κ1) is 12.3. The third-order valence-corrected chi connectivity index (χ3v) is 2.91. The lowest BCUT2D eigenvalue weighted by Gasteiger charge is -2.09. The van der Waals surface area contributed by atoms with Crippen molar-refractivity contribution < 1.29 is 18.7 Å². The fraction of sp³-hybridized carbons (Fsp3) is 0.250. The SMILES string of the molecule is O=C(O)Cc1c(C(F)F)cnc(Br)c1Cl. The first-order valence-corrected chi connectivity index (χ1v) is 4.93. The summed E-state index contributed by atoms with van der Waals surface area (Å²) in [6.07, 6.45) is -2.43. The highest BCUT2D eigenvalue weighted by molar-refractivity contribution is 9.10. The van der Waals surface area contributed by atoms with Gasteiger partial charge in [0.2, 0.25) is 0 Å². The van der Waals surface area contributed by atoms with Crippen molar-refractivity contribution in [2.24, 2.45) is 0 Å². The number of carboxylic acids is 1. The average molecular weight is 300 g/mol. The summed E-state index contributed by atoms with van der Waals surface area (Å²) in [6, 6.07) is 0. The molecular weight excluding hydrogens is 295 g/mol. The van der Waals surface area contributed by atoms with E-state index < -0.39 is 24.4 Å². The Morgan fingerprint density at radius 2 is 2.27 bits per heavy atom. The molecule has 1 heterocycles. The van der Waals surface area contributed by atoms with E-state index in [4.69, 9.17) is 16.7 Å². The fourth-order valence-electron chi connectivity index (χ4n) is 1.03. The van der Waals surface area contributed by atoms with Crippen molar-refractivity contribution in [3.8, 4) is 0 Å². The largest absolute Gasteiger partial charge is 0.481 e. The van der Waals surface area contributed by atoms with Gasteiger partial charge in [0.25, 0.3) is 6.43 Å². The van der Waals surface area contributed by atoms with Gasteiger partial charge in [0.1, 0.15) is 4.60 Å². The van der Waals surface area contributed by atoms with Crippen LogP contribution in [0.1, 0.15) is 17.6 Å². The number of aromatic nitrogens is 1. The molecule has 82 valence electrons. The Morgan fingerprint density at radius 3 is 2.73 bits per heavy atom. The molecule has 0 atom stereocenters. The van der Waals surface area contributed by atoms with Gasteiger partial charge in [-0.05, 0) is 21.5 Å². The monoisotopic (exact) mass is 299 g/mol. The minimum Gasteiger partial charge on any atom is -0.481 e. The van der Waals surface area contributed by atoms with E-state index in [9.17, 15) is 13.6 Å². The zero-order chi connectivity index (χ0) is 11.6. The molecular formula is C8H5BrClF2NO2. The predicted octanol–water partition coefficient (Wildman–Crippen LogP) is 3.06. The molecule has 0 aliphatic carbocycles. The van der Waals surface area contributed by atoms with E-state index in [0.29, 0.717) is 0 Å². The summed E-state index contributed by atoms with van der Waals surface area (Å²) in [6.45, 7) is 0. The summed E-state index contributed by atoms with van der Waals surface area (Å²) in [5, 5.41) is 8.46. The van der Waals surface area contributed by atoms with Crippen LogP contribution in [0.4, 0.5) is 8.78 Å². The number of pyridine rings is 1. The minimum absolute atomic E-state index is 0.0878. The maximum absolute atomic E-state index is 12.5. The number of halogens is 4. The molecule has 1 aromatic rings. The van der Waals surface area contributed by atoms with Gasteiger partial charge >= 0.3 is 5.97 Å². The zero-order valence-electron chi connectivity index (χ0n) is 7.18. The highest BCUT2D eigenvalue weighted by Crippen LogP contribution is 2.32. The zero-order valence-corrected chi connectivity index (χ0v) is 9.52. The molecule has 0 amide bonds. The van der Waals surface area contributed by atoms with Crippen molar-refractivity contribution in [2.75, 3.05) is 0 Å². The van der Waals surface area contributed by atoms with Crippen LogP contribution in [0.15, 0.2) is 10.8 Å². The molecule has 0 saturated heterocycles. The number of hydrogen-bond donors (Lipinski definition) is 1. The number of hydrogen-bond acceptors (Lipinski definition) is 2. The topological polar surface area (TPSA) is 50.2 Å². The van der Waals surface area contributed by atoms with E-state index in [0.717, 1.165) is 6.20 Å². The standard InChI is InChI=1S/C8H5BrClF2NO2/c9-7-6(10)3(1-5(14)15)4(2-13-7)8(11)12/h2,8H,1H2,(H,14,15). The molecule has 0 spiro atoms. The van der Waals surface area contributed by atoms with Gasteiger partial charge in [0, 0.05) is 11.8 Å². The molecule has 0 saturated carbocycles. The summed E-state index contributed by atoms with van der Waals surface area (Å²) >= 11 is 8.62. The van der Waals surface area contributed by atoms with Gasteiger partial charge in [-0.15, -0.1) is 0 Å². The predicted molar refractivity (Wildman–Crippen MR) is 53.2 cm³/mol. The number of aliphatic carboxylic acids is 1. The van der Waals surface area contributed by atoms with Crippen LogP contribution in [-0.2, 0) is 11.2 Å². The van der Waals surface area contributed by atoms with Gasteiger partial charge in [0.15, 0.2) is 0 Å². The Bertz CT molecular complexity index is 400. The lowest BCUT2D eigenvalue weighted by atomic mass is 10.1. The molecule has 3 nitrogen and oxygen atoms in total. The smallest absolute Gasteiger partial charge is 0.307 e. The summed E-state index contributed by atoms with van der Waals surface area (Å²) in [4.78, 5) is 14.0. The van der Waals surface area contributed by atoms with Crippen LogP contribution in [0.5, 0.6) is 0 Å². The molecule has 0 bridgehead atoms. The van der Waals surface area contributed by atoms with Gasteiger partial charge in [0.05, 0.1) is 11.4 Å². The quantitative estimate of drug-likeness (QED) is 0.873. The summed E-state index contributed by atoms with van der Waals surface area (Å²) in [5.41, 5.74) is -0.563. The number of carbonyl (C=O) groups is 1. The van der Waals surface area contributed by atoms with E-state index in [1.54, 1.807) is 0 Å². The summed E-state index contributed by atoms with van der Waals surface area (Å²) in [5.74, 6) is -1.23. The number of nitrogens with zero attached hydrogens (tertiary/aromatic N) is 1. The van der Waals surface area contributed by atoms with Crippen LogP contribution in [0, 0.1) is 0 Å². The Balaban J connectivity index is 3.28. The maximum Gasteiger partial charge on any atom is 0.307 e. The Morgan fingerprint density at radius 1 is 1.67 bits per heavy atom. The van der Waals surface area contributed by atoms with Crippen molar-refractivity contribution in [1.82, 2.24) is 4.98 Å². The van der Waals surface area contributed by atoms with Gasteiger partial charge < -0.3 is 5.11 Å². The van der Waals surface area contributed by atoms with Crippen LogP contribution >= 0.6 is 27.5 Å². The van der Waals surface area contributed by atoms with Crippen molar-refractivity contribution in [3.63, 3.8) is 0 Å². The second-order valence-corrected chi connectivity index (χ2v) is 3.80. The van der Waals surface area contributed by atoms with Gasteiger partial charge in [-0.25, -0.2) is 13.8 Å². The Hall–Kier alpha value is -0.750. The third-order valence-electron chi connectivity index (χ3n) is 1.67. The Labute approximate surface area is 97.2 Å². The first-order chi connectivity index (χ1) is 6.93. The maximum atomic E-state index is 12.5. The lowest BCUT2D eigenvalue weighted by Crippen LogP contribution is -2.06. The van der Waals surface area contributed by atoms with E-state index in [1.165, 1.54) is 0 Å². The molecule has 0 unspecified atom stereocenters. The van der Waals surface area contributed by atoms with Crippen LogP contribution in [0.25, 0.3) is 0 Å². The highest BCUT2D eigenvalue weighted by Gasteiger charge is 2.20. The number of rotatable bonds is 3. The molecule has 0 aliphatic heterocycles. The second-order valence-electron chi connectivity index (χ2n) is 2.67. The number of carboxylic acid groups (broad SMARTS) is 1. The molecule has 0 aromatic carbocycles. The van der Waals surface area contributed by atoms with Crippen LogP contribution in [0.2, 0.25) is 5.02 Å². The number of alkyl halides is 2. The van der Waals surface area contributed by atoms with Gasteiger partial charge in [-0.2, -0.15) is 0 Å². The summed E-state index contributed by atoms with van der Waals surface area (Å²) < 4.78 is 25.1. The van der Waals surface area contributed by atoms with E-state index in [2.05, 4.69) is 20.9 Å². The fourth-order valence-corrected chi connectivity index (χ4v) is 1.60. The molecule has 0 aliphatic rings. The molecule has 15 heavy (non-hydrogen) atoms. The normalized spacial score (nSPS) is 10.7. The minimum atomic E-state index is -2.79. The lowest BCUT2D eigenvalue weighted by molar-refractivity contribution is -0.136. The Kier molecular flexibility index (Phi) is 3.98. The molecule has 0 fully saturated rings. The van der Waals surface area contributed by atoms with Crippen LogP contribution in [0.3, 0.4) is 0 Å². The molecule has 7 heteroatoms. The average Bonchev–Trinajstić information content (AvgIpc) is 2.12. The van der Waals surface area contributed by atoms with Crippen molar-refractivity contribution in [1.29, 1.82) is 0 Å². The second kappa shape index (κ2) is 4.85. The van der Waals surface area contributed by atoms with E-state index >= 15 is 0 Å². The van der Waals surface area contributed by atoms with E-state index in [-0.39, 0.29) is 15.2 Å². The molecule has 0 radical (unpaired) electrons. The molecule has 1 rings (SSSR count). The van der Waals surface area contributed by atoms with E-state index in [1.807, 2.05) is 0 Å². The van der Waals surface area contributed by atoms with Gasteiger partial charge in [-0.3, -0.25) is 4.79 Å². The van der Waals surface area contributed by atoms with Crippen molar-refractivity contribution in [2.45, 2.75) is 12.8 Å². The first-order valence-electron chi connectivity index (χ1n) is 3.76. The molecule has 1 aromatic heterocycles.